The van der Waals surface area contributed by atoms with Crippen molar-refractivity contribution in [3.8, 4) is 5.69 Å². The fraction of sp³-hybridized carbons (Fsp3) is 0.125. The van der Waals surface area contributed by atoms with Gasteiger partial charge in [-0.3, -0.25) is 9.36 Å². The number of nitrogens with two attached hydrogens (primary N) is 1. The summed E-state index contributed by atoms with van der Waals surface area (Å²) in [6.07, 6.45) is 0. The SMILES string of the molecule is CC(N)c1nc2cccc(F)c2c(=O)n1-c1ccccc1. The third-order valence-electron chi connectivity index (χ3n) is 3.29. The van der Waals surface area contributed by atoms with E-state index in [2.05, 4.69) is 4.98 Å². The normalized spacial score (nSPS) is 12.5. The Balaban J connectivity index is 2.47. The largest absolute Gasteiger partial charge is 0.322 e. The molecular formula is C16H14FN3O. The van der Waals surface area contributed by atoms with E-state index in [9.17, 15) is 9.18 Å². The highest BCUT2D eigenvalue weighted by Crippen LogP contribution is 2.18. The zero-order valence-electron chi connectivity index (χ0n) is 11.5. The molecule has 3 rings (SSSR count). The molecule has 1 atom stereocenters. The Morgan fingerprint density at radius 3 is 2.52 bits per heavy atom. The molecule has 0 spiro atoms. The van der Waals surface area contributed by atoms with Crippen molar-refractivity contribution >= 4 is 10.9 Å². The molecular weight excluding hydrogens is 269 g/mol. The van der Waals surface area contributed by atoms with Crippen LogP contribution in [0.2, 0.25) is 0 Å². The van der Waals surface area contributed by atoms with Gasteiger partial charge in [-0.1, -0.05) is 24.3 Å². The molecule has 1 aromatic heterocycles. The maximum Gasteiger partial charge on any atom is 0.269 e. The topological polar surface area (TPSA) is 60.9 Å². The lowest BCUT2D eigenvalue weighted by Crippen LogP contribution is -2.28. The number of fused-ring (bicyclic) bond motifs is 1. The second-order valence-electron chi connectivity index (χ2n) is 4.87. The van der Waals surface area contributed by atoms with Crippen LogP contribution in [0.15, 0.2) is 53.3 Å². The highest BCUT2D eigenvalue weighted by atomic mass is 19.1. The van der Waals surface area contributed by atoms with Crippen molar-refractivity contribution in [1.29, 1.82) is 0 Å². The Kier molecular flexibility index (Phi) is 3.27. The Bertz CT molecular complexity index is 857. The van der Waals surface area contributed by atoms with Gasteiger partial charge >= 0.3 is 0 Å². The summed E-state index contributed by atoms with van der Waals surface area (Å²) in [7, 11) is 0. The van der Waals surface area contributed by atoms with Crippen molar-refractivity contribution in [2.24, 2.45) is 5.73 Å². The van der Waals surface area contributed by atoms with Crippen LogP contribution in [0.25, 0.3) is 16.6 Å². The second kappa shape index (κ2) is 5.10. The lowest BCUT2D eigenvalue weighted by atomic mass is 10.2. The van der Waals surface area contributed by atoms with Gasteiger partial charge in [-0.15, -0.1) is 0 Å². The minimum atomic E-state index is -0.578. The van der Waals surface area contributed by atoms with Crippen LogP contribution in [-0.4, -0.2) is 9.55 Å². The molecule has 1 heterocycles. The molecule has 2 N–H and O–H groups in total. The van der Waals surface area contributed by atoms with E-state index in [1.807, 2.05) is 6.07 Å². The number of halogens is 1. The predicted octanol–water partition coefficient (Wildman–Crippen LogP) is 2.54. The van der Waals surface area contributed by atoms with E-state index >= 15 is 0 Å². The van der Waals surface area contributed by atoms with Gasteiger partial charge in [0.1, 0.15) is 17.0 Å². The molecule has 21 heavy (non-hydrogen) atoms. The molecule has 0 aliphatic carbocycles. The van der Waals surface area contributed by atoms with E-state index in [4.69, 9.17) is 5.73 Å². The van der Waals surface area contributed by atoms with Crippen molar-refractivity contribution in [3.63, 3.8) is 0 Å². The Morgan fingerprint density at radius 1 is 1.14 bits per heavy atom. The molecule has 3 aromatic rings. The number of hydrogen-bond acceptors (Lipinski definition) is 3. The van der Waals surface area contributed by atoms with Crippen LogP contribution in [-0.2, 0) is 0 Å². The summed E-state index contributed by atoms with van der Waals surface area (Å²) in [5, 5.41) is -0.0225. The first kappa shape index (κ1) is 13.5. The average Bonchev–Trinajstić information content (AvgIpc) is 2.47. The Labute approximate surface area is 120 Å². The smallest absolute Gasteiger partial charge is 0.269 e. The minimum absolute atomic E-state index is 0.0225. The van der Waals surface area contributed by atoms with Crippen LogP contribution in [0.5, 0.6) is 0 Å². The van der Waals surface area contributed by atoms with Crippen molar-refractivity contribution in [3.05, 3.63) is 70.5 Å². The van der Waals surface area contributed by atoms with Crippen LogP contribution < -0.4 is 11.3 Å². The maximum atomic E-state index is 14.0. The molecule has 0 fully saturated rings. The number of hydrogen-bond donors (Lipinski definition) is 1. The van der Waals surface area contributed by atoms with Gasteiger partial charge in [-0.05, 0) is 31.2 Å². The van der Waals surface area contributed by atoms with Gasteiger partial charge in [0, 0.05) is 0 Å². The zero-order chi connectivity index (χ0) is 15.0. The lowest BCUT2D eigenvalue weighted by Gasteiger charge is -2.16. The van der Waals surface area contributed by atoms with Crippen molar-refractivity contribution in [1.82, 2.24) is 9.55 Å². The summed E-state index contributed by atoms with van der Waals surface area (Å²) in [6, 6.07) is 12.9. The van der Waals surface area contributed by atoms with Gasteiger partial charge in [0.05, 0.1) is 17.2 Å². The number of rotatable bonds is 2. The first-order chi connectivity index (χ1) is 10.1. The molecule has 4 nitrogen and oxygen atoms in total. The summed E-state index contributed by atoms with van der Waals surface area (Å²) in [4.78, 5) is 17.1. The second-order valence-corrected chi connectivity index (χ2v) is 4.87. The van der Waals surface area contributed by atoms with Gasteiger partial charge < -0.3 is 5.73 Å². The lowest BCUT2D eigenvalue weighted by molar-refractivity contribution is 0.633. The van der Waals surface area contributed by atoms with Gasteiger partial charge in [-0.25, -0.2) is 9.37 Å². The first-order valence-corrected chi connectivity index (χ1v) is 6.62. The third-order valence-corrected chi connectivity index (χ3v) is 3.29. The molecule has 0 saturated heterocycles. The number of aromatic nitrogens is 2. The molecule has 0 saturated carbocycles. The van der Waals surface area contributed by atoms with Crippen LogP contribution in [0, 0.1) is 5.82 Å². The summed E-state index contributed by atoms with van der Waals surface area (Å²) in [6.45, 7) is 1.74. The average molecular weight is 283 g/mol. The van der Waals surface area contributed by atoms with E-state index in [0.717, 1.165) is 0 Å². The van der Waals surface area contributed by atoms with Crippen LogP contribution >= 0.6 is 0 Å². The summed E-state index contributed by atoms with van der Waals surface area (Å²) in [5.41, 5.74) is 6.42. The monoisotopic (exact) mass is 283 g/mol. The molecule has 0 amide bonds. The van der Waals surface area contributed by atoms with Gasteiger partial charge in [0.15, 0.2) is 0 Å². The highest BCUT2D eigenvalue weighted by molar-refractivity contribution is 5.78. The molecule has 0 aliphatic heterocycles. The fourth-order valence-corrected chi connectivity index (χ4v) is 2.34. The summed E-state index contributed by atoms with van der Waals surface area (Å²) < 4.78 is 15.4. The van der Waals surface area contributed by atoms with E-state index in [1.165, 1.54) is 16.7 Å². The quantitative estimate of drug-likeness (QED) is 0.786. The fourth-order valence-electron chi connectivity index (χ4n) is 2.34. The first-order valence-electron chi connectivity index (χ1n) is 6.62. The van der Waals surface area contributed by atoms with E-state index < -0.39 is 17.4 Å². The van der Waals surface area contributed by atoms with Gasteiger partial charge in [0.25, 0.3) is 5.56 Å². The summed E-state index contributed by atoms with van der Waals surface area (Å²) >= 11 is 0. The summed E-state index contributed by atoms with van der Waals surface area (Å²) in [5.74, 6) is -0.171. The van der Waals surface area contributed by atoms with Crippen molar-refractivity contribution < 1.29 is 4.39 Å². The van der Waals surface area contributed by atoms with Gasteiger partial charge in [0.2, 0.25) is 0 Å². The highest BCUT2D eigenvalue weighted by Gasteiger charge is 2.17. The van der Waals surface area contributed by atoms with E-state index in [0.29, 0.717) is 17.0 Å². The van der Waals surface area contributed by atoms with Crippen LogP contribution in [0.4, 0.5) is 4.39 Å². The van der Waals surface area contributed by atoms with Crippen LogP contribution in [0.1, 0.15) is 18.8 Å². The van der Waals surface area contributed by atoms with E-state index in [1.54, 1.807) is 37.3 Å². The molecule has 106 valence electrons. The third kappa shape index (κ3) is 2.21. The predicted molar refractivity (Wildman–Crippen MR) is 79.9 cm³/mol. The molecule has 2 aromatic carbocycles. The minimum Gasteiger partial charge on any atom is -0.322 e. The zero-order valence-corrected chi connectivity index (χ0v) is 11.5. The Morgan fingerprint density at radius 2 is 1.86 bits per heavy atom. The van der Waals surface area contributed by atoms with E-state index in [-0.39, 0.29) is 5.39 Å². The molecule has 5 heteroatoms. The number of benzene rings is 2. The maximum absolute atomic E-state index is 14.0. The van der Waals surface area contributed by atoms with Crippen LogP contribution in [0.3, 0.4) is 0 Å². The molecule has 0 aliphatic rings. The molecule has 0 radical (unpaired) electrons. The number of nitrogens with zero attached hydrogens (tertiary/aromatic N) is 2. The Hall–Kier alpha value is -2.53. The number of para-hydroxylation sites is 1. The van der Waals surface area contributed by atoms with Crippen molar-refractivity contribution in [2.75, 3.05) is 0 Å². The molecule has 1 unspecified atom stereocenters. The van der Waals surface area contributed by atoms with Gasteiger partial charge in [-0.2, -0.15) is 0 Å². The molecule has 0 bridgehead atoms. The standard InChI is InChI=1S/C16H14FN3O/c1-10(18)15-19-13-9-5-8-12(17)14(13)16(21)20(15)11-6-3-2-4-7-11/h2-10H,18H2,1H3. The van der Waals surface area contributed by atoms with Crippen molar-refractivity contribution in [2.45, 2.75) is 13.0 Å².